The fraction of sp³-hybridized carbons (Fsp3) is 0.375. The fourth-order valence-electron chi connectivity index (χ4n) is 2.70. The molecule has 2 unspecified atom stereocenters. The molecule has 2 aromatic rings. The molecule has 17 heavy (non-hydrogen) atoms. The van der Waals surface area contributed by atoms with Crippen molar-refractivity contribution < 1.29 is 4.74 Å². The van der Waals surface area contributed by atoms with Crippen molar-refractivity contribution in [3.8, 4) is 0 Å². The van der Waals surface area contributed by atoms with Crippen molar-refractivity contribution in [2.24, 2.45) is 0 Å². The zero-order valence-corrected chi connectivity index (χ0v) is 10.4. The average molecular weight is 226 g/mol. The summed E-state index contributed by atoms with van der Waals surface area (Å²) in [6.45, 7) is 4.33. The Morgan fingerprint density at radius 1 is 1.24 bits per heavy atom. The molecule has 1 aliphatic carbocycles. The molecule has 1 heteroatoms. The summed E-state index contributed by atoms with van der Waals surface area (Å²) >= 11 is 0. The van der Waals surface area contributed by atoms with Gasteiger partial charge in [0.1, 0.15) is 0 Å². The molecule has 0 amide bonds. The van der Waals surface area contributed by atoms with Crippen molar-refractivity contribution in [2.75, 3.05) is 0 Å². The summed E-state index contributed by atoms with van der Waals surface area (Å²) in [5, 5.41) is 2.76. The molecule has 0 saturated carbocycles. The minimum atomic E-state index is 0.256. The molecule has 0 radical (unpaired) electrons. The maximum Gasteiger partial charge on any atom is 0.0875 e. The van der Waals surface area contributed by atoms with Gasteiger partial charge < -0.3 is 4.74 Å². The first kappa shape index (κ1) is 10.8. The summed E-state index contributed by atoms with van der Waals surface area (Å²) < 4.78 is 6.13. The van der Waals surface area contributed by atoms with E-state index in [4.69, 9.17) is 4.74 Å². The standard InChI is InChI=1S/C16H18O/c1-3-11(2)17-15-10-13-8-4-6-12-7-5-9-14(15)16(12)13/h4-9,11,15H,3,10H2,1-2H3. The lowest BCUT2D eigenvalue weighted by molar-refractivity contribution is -0.00145. The molecule has 0 saturated heterocycles. The van der Waals surface area contributed by atoms with E-state index >= 15 is 0 Å². The Balaban J connectivity index is 2.04. The van der Waals surface area contributed by atoms with Crippen LogP contribution in [0.25, 0.3) is 10.8 Å². The molecule has 0 bridgehead atoms. The van der Waals surface area contributed by atoms with Gasteiger partial charge in [0.15, 0.2) is 0 Å². The third-order valence-electron chi connectivity index (χ3n) is 3.75. The largest absolute Gasteiger partial charge is 0.370 e. The predicted octanol–water partition coefficient (Wildman–Crippen LogP) is 4.25. The van der Waals surface area contributed by atoms with Crippen LogP contribution >= 0.6 is 0 Å². The topological polar surface area (TPSA) is 9.23 Å². The normalized spacial score (nSPS) is 19.8. The molecule has 0 aliphatic heterocycles. The van der Waals surface area contributed by atoms with Gasteiger partial charge in [-0.25, -0.2) is 0 Å². The zero-order chi connectivity index (χ0) is 11.8. The van der Waals surface area contributed by atoms with Gasteiger partial charge in [0.2, 0.25) is 0 Å². The molecule has 0 fully saturated rings. The van der Waals surface area contributed by atoms with Crippen LogP contribution in [0.1, 0.15) is 37.5 Å². The van der Waals surface area contributed by atoms with Gasteiger partial charge in [-0.2, -0.15) is 0 Å². The molecule has 2 atom stereocenters. The van der Waals surface area contributed by atoms with Gasteiger partial charge in [-0.1, -0.05) is 43.3 Å². The van der Waals surface area contributed by atoms with Crippen LogP contribution in [0.2, 0.25) is 0 Å². The van der Waals surface area contributed by atoms with Crippen LogP contribution in [0, 0.1) is 0 Å². The minimum absolute atomic E-state index is 0.256. The van der Waals surface area contributed by atoms with E-state index in [1.54, 1.807) is 0 Å². The molecule has 1 nitrogen and oxygen atoms in total. The summed E-state index contributed by atoms with van der Waals surface area (Å²) in [4.78, 5) is 0. The van der Waals surface area contributed by atoms with Crippen LogP contribution in [-0.4, -0.2) is 6.10 Å². The Morgan fingerprint density at radius 2 is 2.00 bits per heavy atom. The van der Waals surface area contributed by atoms with E-state index in [0.717, 1.165) is 12.8 Å². The van der Waals surface area contributed by atoms with Gasteiger partial charge in [0, 0.05) is 6.42 Å². The number of hydrogen-bond donors (Lipinski definition) is 0. The van der Waals surface area contributed by atoms with E-state index in [-0.39, 0.29) is 6.10 Å². The summed E-state index contributed by atoms with van der Waals surface area (Å²) in [6.07, 6.45) is 2.69. The van der Waals surface area contributed by atoms with E-state index in [1.807, 2.05) is 0 Å². The maximum atomic E-state index is 6.13. The van der Waals surface area contributed by atoms with Crippen molar-refractivity contribution in [3.05, 3.63) is 47.5 Å². The van der Waals surface area contributed by atoms with Gasteiger partial charge in [0.05, 0.1) is 12.2 Å². The second-order valence-electron chi connectivity index (χ2n) is 4.91. The summed E-state index contributed by atoms with van der Waals surface area (Å²) in [7, 11) is 0. The second kappa shape index (κ2) is 4.15. The van der Waals surface area contributed by atoms with E-state index < -0.39 is 0 Å². The molecule has 1 aliphatic rings. The smallest absolute Gasteiger partial charge is 0.0875 e. The molecule has 2 aromatic carbocycles. The van der Waals surface area contributed by atoms with Gasteiger partial charge in [-0.3, -0.25) is 0 Å². The first-order valence-corrected chi connectivity index (χ1v) is 6.45. The van der Waals surface area contributed by atoms with E-state index in [0.29, 0.717) is 6.10 Å². The Kier molecular flexibility index (Phi) is 2.64. The predicted molar refractivity (Wildman–Crippen MR) is 71.2 cm³/mol. The molecule has 0 N–H and O–H groups in total. The Hall–Kier alpha value is -1.34. The lowest BCUT2D eigenvalue weighted by Gasteiger charge is -2.18. The van der Waals surface area contributed by atoms with Crippen LogP contribution < -0.4 is 0 Å². The third-order valence-corrected chi connectivity index (χ3v) is 3.75. The lowest BCUT2D eigenvalue weighted by Crippen LogP contribution is -2.12. The second-order valence-corrected chi connectivity index (χ2v) is 4.91. The van der Waals surface area contributed by atoms with Gasteiger partial charge in [0.25, 0.3) is 0 Å². The van der Waals surface area contributed by atoms with Crippen LogP contribution in [0.3, 0.4) is 0 Å². The van der Waals surface area contributed by atoms with Crippen molar-refractivity contribution in [3.63, 3.8) is 0 Å². The highest BCUT2D eigenvalue weighted by atomic mass is 16.5. The van der Waals surface area contributed by atoms with Crippen molar-refractivity contribution >= 4 is 10.8 Å². The fourth-order valence-corrected chi connectivity index (χ4v) is 2.70. The number of ether oxygens (including phenoxy) is 1. The number of benzene rings is 2. The Morgan fingerprint density at radius 3 is 2.76 bits per heavy atom. The zero-order valence-electron chi connectivity index (χ0n) is 10.4. The quantitative estimate of drug-likeness (QED) is 0.760. The highest BCUT2D eigenvalue weighted by Gasteiger charge is 2.25. The van der Waals surface area contributed by atoms with Crippen LogP contribution in [0.4, 0.5) is 0 Å². The average Bonchev–Trinajstić information content (AvgIpc) is 2.70. The Bertz CT molecular complexity index is 539. The molecular weight excluding hydrogens is 208 g/mol. The van der Waals surface area contributed by atoms with Gasteiger partial charge in [-0.05, 0) is 35.2 Å². The van der Waals surface area contributed by atoms with Crippen molar-refractivity contribution in [1.29, 1.82) is 0 Å². The summed E-state index contributed by atoms with van der Waals surface area (Å²) in [5.41, 5.74) is 2.81. The molecular formula is C16H18O. The van der Waals surface area contributed by atoms with Crippen molar-refractivity contribution in [1.82, 2.24) is 0 Å². The first-order valence-electron chi connectivity index (χ1n) is 6.45. The maximum absolute atomic E-state index is 6.13. The summed E-state index contributed by atoms with van der Waals surface area (Å²) in [6, 6.07) is 13.1. The highest BCUT2D eigenvalue weighted by molar-refractivity contribution is 5.91. The Labute approximate surface area is 102 Å². The molecule has 88 valence electrons. The lowest BCUT2D eigenvalue weighted by atomic mass is 10.1. The first-order chi connectivity index (χ1) is 8.29. The third kappa shape index (κ3) is 1.75. The van der Waals surface area contributed by atoms with Gasteiger partial charge in [-0.15, -0.1) is 0 Å². The van der Waals surface area contributed by atoms with E-state index in [1.165, 1.54) is 21.9 Å². The van der Waals surface area contributed by atoms with Crippen LogP contribution in [0.15, 0.2) is 36.4 Å². The van der Waals surface area contributed by atoms with Crippen molar-refractivity contribution in [2.45, 2.75) is 38.9 Å². The number of rotatable bonds is 3. The SMILES string of the molecule is CCC(C)OC1Cc2cccc3cccc1c23. The van der Waals surface area contributed by atoms with E-state index in [9.17, 15) is 0 Å². The molecule has 0 spiro atoms. The molecule has 0 heterocycles. The highest BCUT2D eigenvalue weighted by Crippen LogP contribution is 2.39. The molecule has 0 aromatic heterocycles. The van der Waals surface area contributed by atoms with Crippen LogP contribution in [-0.2, 0) is 11.2 Å². The van der Waals surface area contributed by atoms with Gasteiger partial charge >= 0.3 is 0 Å². The monoisotopic (exact) mass is 226 g/mol. The summed E-state index contributed by atoms with van der Waals surface area (Å²) in [5.74, 6) is 0. The van der Waals surface area contributed by atoms with Crippen LogP contribution in [0.5, 0.6) is 0 Å². The van der Waals surface area contributed by atoms with E-state index in [2.05, 4.69) is 50.2 Å². The minimum Gasteiger partial charge on any atom is -0.370 e. The number of hydrogen-bond acceptors (Lipinski definition) is 1. The molecule has 3 rings (SSSR count).